The number of fused-ring (bicyclic) bond motifs is 1. The highest BCUT2D eigenvalue weighted by atomic mass is 15.4. The van der Waals surface area contributed by atoms with Crippen molar-refractivity contribution in [3.05, 3.63) is 23.4 Å². The van der Waals surface area contributed by atoms with Crippen molar-refractivity contribution in [1.29, 1.82) is 0 Å². The average molecular weight is 232 g/mol. The molecule has 4 heteroatoms. The Labute approximate surface area is 102 Å². The maximum atomic E-state index is 4.73. The van der Waals surface area contributed by atoms with Crippen LogP contribution in [0.15, 0.2) is 12.1 Å². The lowest BCUT2D eigenvalue weighted by Crippen LogP contribution is -2.29. The number of pyridine rings is 1. The molecule has 17 heavy (non-hydrogen) atoms. The van der Waals surface area contributed by atoms with Gasteiger partial charge >= 0.3 is 0 Å². The van der Waals surface area contributed by atoms with Gasteiger partial charge in [0.1, 0.15) is 5.82 Å². The van der Waals surface area contributed by atoms with Gasteiger partial charge in [0.2, 0.25) is 0 Å². The number of rotatable bonds is 2. The summed E-state index contributed by atoms with van der Waals surface area (Å²) in [5.74, 6) is 1.67. The van der Waals surface area contributed by atoms with E-state index in [1.165, 1.54) is 36.9 Å². The molecule has 2 aliphatic rings. The van der Waals surface area contributed by atoms with Crippen LogP contribution < -0.4 is 16.2 Å². The summed E-state index contributed by atoms with van der Waals surface area (Å²) in [6.45, 7) is 0.884. The highest BCUT2D eigenvalue weighted by molar-refractivity contribution is 5.47. The van der Waals surface area contributed by atoms with E-state index in [1.54, 1.807) is 0 Å². The van der Waals surface area contributed by atoms with Crippen LogP contribution in [0.3, 0.4) is 0 Å². The van der Waals surface area contributed by atoms with Gasteiger partial charge in [-0.05, 0) is 38.8 Å². The summed E-state index contributed by atoms with van der Waals surface area (Å²) in [5, 5.41) is 3.37. The third-order valence-electron chi connectivity index (χ3n) is 4.04. The van der Waals surface area contributed by atoms with Crippen molar-refractivity contribution < 1.29 is 0 Å². The van der Waals surface area contributed by atoms with E-state index in [2.05, 4.69) is 35.3 Å². The number of hydrogen-bond donors (Lipinski definition) is 3. The molecule has 2 heterocycles. The average Bonchev–Trinajstić information content (AvgIpc) is 2.86. The van der Waals surface area contributed by atoms with Crippen LogP contribution in [0, 0.1) is 0 Å². The van der Waals surface area contributed by atoms with E-state index in [0.29, 0.717) is 12.0 Å². The molecule has 0 bridgehead atoms. The highest BCUT2D eigenvalue weighted by Crippen LogP contribution is 2.33. The van der Waals surface area contributed by atoms with Crippen LogP contribution in [0.4, 0.5) is 5.82 Å². The fraction of sp³-hybridized carbons (Fsp3) is 0.615. The van der Waals surface area contributed by atoms with Crippen LogP contribution in [0.5, 0.6) is 0 Å². The van der Waals surface area contributed by atoms with Crippen molar-refractivity contribution in [2.45, 2.75) is 44.2 Å². The Kier molecular flexibility index (Phi) is 2.99. The Bertz CT molecular complexity index is 396. The molecule has 0 aromatic carbocycles. The summed E-state index contributed by atoms with van der Waals surface area (Å²) in [4.78, 5) is 4.73. The minimum atomic E-state index is 0.646. The number of hydrogen-bond acceptors (Lipinski definition) is 4. The summed E-state index contributed by atoms with van der Waals surface area (Å²) in [6.07, 6.45) is 5.05. The lowest BCUT2D eigenvalue weighted by molar-refractivity contribution is 0.355. The van der Waals surface area contributed by atoms with Crippen LogP contribution in [0.2, 0.25) is 0 Å². The molecule has 1 saturated carbocycles. The van der Waals surface area contributed by atoms with Crippen molar-refractivity contribution in [2.24, 2.45) is 0 Å². The molecule has 1 aliphatic carbocycles. The normalized spacial score (nSPS) is 27.6. The summed E-state index contributed by atoms with van der Waals surface area (Å²) in [6, 6.07) is 5.12. The molecular formula is C13H20N4. The van der Waals surface area contributed by atoms with Crippen LogP contribution in [-0.2, 0) is 6.54 Å². The molecule has 1 fully saturated rings. The molecule has 1 aromatic rings. The van der Waals surface area contributed by atoms with Crippen molar-refractivity contribution in [2.75, 3.05) is 12.5 Å². The maximum Gasteiger partial charge on any atom is 0.145 e. The van der Waals surface area contributed by atoms with Crippen molar-refractivity contribution in [1.82, 2.24) is 15.7 Å². The zero-order valence-corrected chi connectivity index (χ0v) is 10.3. The number of nitrogens with zero attached hydrogens (tertiary/aromatic N) is 1. The number of anilines is 1. The lowest BCUT2D eigenvalue weighted by Gasteiger charge is -2.28. The SMILES string of the molecule is CNC1CCC(c2ccc3c(n2)NNC3)CC1. The largest absolute Gasteiger partial charge is 0.317 e. The Morgan fingerprint density at radius 1 is 1.24 bits per heavy atom. The second kappa shape index (κ2) is 4.63. The fourth-order valence-electron chi connectivity index (χ4n) is 2.88. The van der Waals surface area contributed by atoms with Gasteiger partial charge in [-0.3, -0.25) is 0 Å². The second-order valence-corrected chi connectivity index (χ2v) is 5.06. The molecule has 0 amide bonds. The molecular weight excluding hydrogens is 212 g/mol. The van der Waals surface area contributed by atoms with Crippen LogP contribution in [0.25, 0.3) is 0 Å². The third kappa shape index (κ3) is 2.15. The van der Waals surface area contributed by atoms with Crippen LogP contribution in [0.1, 0.15) is 42.9 Å². The molecule has 0 spiro atoms. The Morgan fingerprint density at radius 2 is 2.06 bits per heavy atom. The molecule has 4 nitrogen and oxygen atoms in total. The fourth-order valence-corrected chi connectivity index (χ4v) is 2.88. The van der Waals surface area contributed by atoms with E-state index in [4.69, 9.17) is 4.98 Å². The Hall–Kier alpha value is -1.13. The van der Waals surface area contributed by atoms with Gasteiger partial charge in [-0.15, -0.1) is 0 Å². The summed E-state index contributed by atoms with van der Waals surface area (Å²) in [5.41, 5.74) is 8.77. The van der Waals surface area contributed by atoms with Gasteiger partial charge in [0.05, 0.1) is 0 Å². The van der Waals surface area contributed by atoms with Gasteiger partial charge in [-0.1, -0.05) is 6.07 Å². The van der Waals surface area contributed by atoms with Crippen molar-refractivity contribution in [3.63, 3.8) is 0 Å². The second-order valence-electron chi connectivity index (χ2n) is 5.06. The number of hydrazine groups is 1. The molecule has 0 saturated heterocycles. The van der Waals surface area contributed by atoms with E-state index in [0.717, 1.165) is 12.4 Å². The maximum absolute atomic E-state index is 4.73. The van der Waals surface area contributed by atoms with E-state index in [1.807, 2.05) is 0 Å². The standard InChI is InChI=1S/C13H20N4/c1-14-11-5-2-9(3-6-11)12-7-4-10-8-15-17-13(10)16-12/h4,7,9,11,14-15H,2-3,5-6,8H2,1H3,(H,16,17). The van der Waals surface area contributed by atoms with Gasteiger partial charge in [0.15, 0.2) is 0 Å². The molecule has 1 aliphatic heterocycles. The Balaban J connectivity index is 1.72. The smallest absolute Gasteiger partial charge is 0.145 e. The number of aromatic nitrogens is 1. The molecule has 92 valence electrons. The highest BCUT2D eigenvalue weighted by Gasteiger charge is 2.23. The minimum absolute atomic E-state index is 0.646. The first-order chi connectivity index (χ1) is 8.36. The van der Waals surface area contributed by atoms with Gasteiger partial charge in [-0.25, -0.2) is 10.4 Å². The third-order valence-corrected chi connectivity index (χ3v) is 4.04. The molecule has 3 N–H and O–H groups in total. The van der Waals surface area contributed by atoms with E-state index in [9.17, 15) is 0 Å². The van der Waals surface area contributed by atoms with E-state index >= 15 is 0 Å². The topological polar surface area (TPSA) is 49.0 Å². The molecule has 3 rings (SSSR count). The summed E-state index contributed by atoms with van der Waals surface area (Å²) in [7, 11) is 2.06. The molecule has 0 unspecified atom stereocenters. The van der Waals surface area contributed by atoms with Crippen molar-refractivity contribution in [3.8, 4) is 0 Å². The first-order valence-electron chi connectivity index (χ1n) is 6.53. The van der Waals surface area contributed by atoms with Gasteiger partial charge in [-0.2, -0.15) is 0 Å². The van der Waals surface area contributed by atoms with Gasteiger partial charge in [0, 0.05) is 29.8 Å². The quantitative estimate of drug-likeness (QED) is 0.727. The monoisotopic (exact) mass is 232 g/mol. The first kappa shape index (κ1) is 11.0. The van der Waals surface area contributed by atoms with Crippen LogP contribution in [-0.4, -0.2) is 18.1 Å². The van der Waals surface area contributed by atoms with Crippen LogP contribution >= 0.6 is 0 Å². The predicted octanol–water partition coefficient (Wildman–Crippen LogP) is 1.76. The molecule has 0 radical (unpaired) electrons. The van der Waals surface area contributed by atoms with E-state index < -0.39 is 0 Å². The summed E-state index contributed by atoms with van der Waals surface area (Å²) < 4.78 is 0. The predicted molar refractivity (Wildman–Crippen MR) is 68.8 cm³/mol. The summed E-state index contributed by atoms with van der Waals surface area (Å²) >= 11 is 0. The lowest BCUT2D eigenvalue weighted by atomic mass is 9.84. The zero-order chi connectivity index (χ0) is 11.7. The Morgan fingerprint density at radius 3 is 2.82 bits per heavy atom. The van der Waals surface area contributed by atoms with Gasteiger partial charge < -0.3 is 10.7 Å². The number of nitrogens with one attached hydrogen (secondary N) is 3. The van der Waals surface area contributed by atoms with Crippen molar-refractivity contribution >= 4 is 5.82 Å². The van der Waals surface area contributed by atoms with E-state index in [-0.39, 0.29) is 0 Å². The minimum Gasteiger partial charge on any atom is -0.317 e. The van der Waals surface area contributed by atoms with Gasteiger partial charge in [0.25, 0.3) is 0 Å². The molecule has 1 aromatic heterocycles. The zero-order valence-electron chi connectivity index (χ0n) is 10.3. The molecule has 0 atom stereocenters. The first-order valence-corrected chi connectivity index (χ1v) is 6.53.